The summed E-state index contributed by atoms with van der Waals surface area (Å²) < 4.78 is 30.7. The molecular formula is C20H22F2N4O2S. The zero-order chi connectivity index (χ0) is 20.5. The molecule has 1 fully saturated rings. The molecule has 0 saturated carbocycles. The van der Waals surface area contributed by atoms with Crippen LogP contribution in [0.3, 0.4) is 0 Å². The van der Waals surface area contributed by atoms with Crippen LogP contribution in [-0.2, 0) is 13.1 Å². The molecule has 6 nitrogen and oxygen atoms in total. The molecule has 0 atom stereocenters. The van der Waals surface area contributed by atoms with Gasteiger partial charge in [0, 0.05) is 25.2 Å². The van der Waals surface area contributed by atoms with E-state index < -0.39 is 17.3 Å². The van der Waals surface area contributed by atoms with Crippen molar-refractivity contribution >= 4 is 26.8 Å². The van der Waals surface area contributed by atoms with Gasteiger partial charge in [-0.25, -0.2) is 18.6 Å². The van der Waals surface area contributed by atoms with Crippen LogP contribution in [0.2, 0.25) is 0 Å². The first-order valence-electron chi connectivity index (χ1n) is 9.82. The normalized spacial score (nSPS) is 14.7. The lowest BCUT2D eigenvalue weighted by Crippen LogP contribution is -2.40. The number of halogens is 2. The van der Waals surface area contributed by atoms with Crippen molar-refractivity contribution in [1.82, 2.24) is 14.1 Å². The summed E-state index contributed by atoms with van der Waals surface area (Å²) in [6, 6.07) is 3.14. The van der Waals surface area contributed by atoms with E-state index in [-0.39, 0.29) is 29.9 Å². The van der Waals surface area contributed by atoms with Crippen LogP contribution in [0.4, 0.5) is 13.9 Å². The van der Waals surface area contributed by atoms with Gasteiger partial charge in [-0.1, -0.05) is 18.3 Å². The van der Waals surface area contributed by atoms with Crippen molar-refractivity contribution in [3.05, 3.63) is 56.2 Å². The smallest absolute Gasteiger partial charge is 0.333 e. The van der Waals surface area contributed by atoms with E-state index >= 15 is 0 Å². The second-order valence-corrected chi connectivity index (χ2v) is 8.24. The lowest BCUT2D eigenvalue weighted by Gasteiger charge is -2.25. The third-order valence-corrected chi connectivity index (χ3v) is 6.26. The molecule has 0 amide bonds. The van der Waals surface area contributed by atoms with E-state index in [0.29, 0.717) is 16.3 Å². The van der Waals surface area contributed by atoms with Crippen LogP contribution >= 0.6 is 11.3 Å². The summed E-state index contributed by atoms with van der Waals surface area (Å²) >= 11 is 1.27. The number of benzene rings is 1. The molecule has 0 spiro atoms. The molecule has 0 N–H and O–H groups in total. The molecule has 0 aliphatic carbocycles. The van der Waals surface area contributed by atoms with E-state index in [4.69, 9.17) is 0 Å². The minimum absolute atomic E-state index is 0.0441. The van der Waals surface area contributed by atoms with Crippen molar-refractivity contribution < 1.29 is 8.78 Å². The van der Waals surface area contributed by atoms with Gasteiger partial charge in [-0.3, -0.25) is 13.9 Å². The van der Waals surface area contributed by atoms with Gasteiger partial charge in [0.2, 0.25) is 0 Å². The molecule has 4 rings (SSSR count). The summed E-state index contributed by atoms with van der Waals surface area (Å²) in [6.45, 7) is 3.65. The summed E-state index contributed by atoms with van der Waals surface area (Å²) in [5, 5.41) is 0.693. The largest absolute Gasteiger partial charge is 0.348 e. The second-order valence-electron chi connectivity index (χ2n) is 7.26. The SMILES string of the molecule is CCCn1c(=O)c2sc(N3CCCCC3)nc2n(Cc2cc(F)ccc2F)c1=O. The van der Waals surface area contributed by atoms with Crippen LogP contribution in [0.1, 0.15) is 38.2 Å². The minimum Gasteiger partial charge on any atom is -0.348 e. The van der Waals surface area contributed by atoms with Crippen molar-refractivity contribution in [2.24, 2.45) is 0 Å². The molecule has 3 aromatic rings. The first-order valence-corrected chi connectivity index (χ1v) is 10.6. The molecule has 1 aliphatic heterocycles. The van der Waals surface area contributed by atoms with Crippen molar-refractivity contribution in [3.63, 3.8) is 0 Å². The van der Waals surface area contributed by atoms with E-state index in [1.807, 2.05) is 6.92 Å². The topological polar surface area (TPSA) is 60.1 Å². The van der Waals surface area contributed by atoms with Crippen LogP contribution in [0, 0.1) is 11.6 Å². The molecule has 9 heteroatoms. The molecule has 29 heavy (non-hydrogen) atoms. The molecule has 2 aromatic heterocycles. The Hall–Kier alpha value is -2.55. The van der Waals surface area contributed by atoms with E-state index in [1.54, 1.807) is 0 Å². The zero-order valence-corrected chi connectivity index (χ0v) is 17.0. The number of hydrogen-bond acceptors (Lipinski definition) is 5. The van der Waals surface area contributed by atoms with Gasteiger partial charge >= 0.3 is 5.69 Å². The maximum absolute atomic E-state index is 14.2. The predicted octanol–water partition coefficient (Wildman–Crippen LogP) is 3.35. The lowest BCUT2D eigenvalue weighted by molar-refractivity contribution is 0.553. The molecule has 0 unspecified atom stereocenters. The Morgan fingerprint density at radius 1 is 1.10 bits per heavy atom. The predicted molar refractivity (Wildman–Crippen MR) is 110 cm³/mol. The third-order valence-electron chi connectivity index (χ3n) is 5.16. The zero-order valence-electron chi connectivity index (χ0n) is 16.2. The quantitative estimate of drug-likeness (QED) is 0.635. The van der Waals surface area contributed by atoms with Gasteiger partial charge in [0.25, 0.3) is 5.56 Å². The average Bonchev–Trinajstić information content (AvgIpc) is 3.17. The van der Waals surface area contributed by atoms with Crippen molar-refractivity contribution in [2.75, 3.05) is 18.0 Å². The summed E-state index contributed by atoms with van der Waals surface area (Å²) in [7, 11) is 0. The van der Waals surface area contributed by atoms with Crippen molar-refractivity contribution in [1.29, 1.82) is 0 Å². The van der Waals surface area contributed by atoms with Gasteiger partial charge in [0.1, 0.15) is 16.3 Å². The highest BCUT2D eigenvalue weighted by molar-refractivity contribution is 7.22. The standard InChI is InChI=1S/C20H22F2N4O2S/c1-2-8-25-18(27)16-17(23-19(29-16)24-9-4-3-5-10-24)26(20(25)28)12-13-11-14(21)6-7-15(13)22/h6-7,11H,2-5,8-10,12H2,1H3. The van der Waals surface area contributed by atoms with E-state index in [9.17, 15) is 18.4 Å². The highest BCUT2D eigenvalue weighted by Gasteiger charge is 2.22. The van der Waals surface area contributed by atoms with Crippen LogP contribution in [0.25, 0.3) is 10.3 Å². The van der Waals surface area contributed by atoms with Crippen molar-refractivity contribution in [2.45, 2.75) is 45.7 Å². The monoisotopic (exact) mass is 420 g/mol. The van der Waals surface area contributed by atoms with Gasteiger partial charge < -0.3 is 4.90 Å². The fourth-order valence-corrected chi connectivity index (χ4v) is 4.76. The van der Waals surface area contributed by atoms with Crippen molar-refractivity contribution in [3.8, 4) is 0 Å². The van der Waals surface area contributed by atoms with Gasteiger partial charge in [-0.2, -0.15) is 0 Å². The fraction of sp³-hybridized carbons (Fsp3) is 0.450. The Morgan fingerprint density at radius 3 is 2.59 bits per heavy atom. The molecule has 1 aromatic carbocycles. The summed E-state index contributed by atoms with van der Waals surface area (Å²) in [6.07, 6.45) is 3.87. The number of piperidine rings is 1. The van der Waals surface area contributed by atoms with Gasteiger partial charge in [-0.05, 0) is 43.9 Å². The van der Waals surface area contributed by atoms with E-state index in [1.165, 1.54) is 15.9 Å². The molecular weight excluding hydrogens is 398 g/mol. The average molecular weight is 420 g/mol. The van der Waals surface area contributed by atoms with E-state index in [2.05, 4.69) is 9.88 Å². The molecule has 3 heterocycles. The lowest BCUT2D eigenvalue weighted by atomic mass is 10.1. The fourth-order valence-electron chi connectivity index (χ4n) is 3.69. The maximum atomic E-state index is 14.2. The number of aromatic nitrogens is 3. The highest BCUT2D eigenvalue weighted by atomic mass is 32.1. The second kappa shape index (κ2) is 8.06. The van der Waals surface area contributed by atoms with E-state index in [0.717, 1.165) is 55.1 Å². The molecule has 0 radical (unpaired) electrons. The van der Waals surface area contributed by atoms with Gasteiger partial charge in [0.05, 0.1) is 6.54 Å². The maximum Gasteiger partial charge on any atom is 0.333 e. The number of fused-ring (bicyclic) bond motifs is 1. The number of thiazole rings is 1. The number of anilines is 1. The molecule has 0 bridgehead atoms. The Kier molecular flexibility index (Phi) is 5.49. The summed E-state index contributed by atoms with van der Waals surface area (Å²) in [4.78, 5) is 32.7. The van der Waals surface area contributed by atoms with Crippen LogP contribution in [0.15, 0.2) is 27.8 Å². The van der Waals surface area contributed by atoms with Gasteiger partial charge in [-0.15, -0.1) is 0 Å². The first-order chi connectivity index (χ1) is 14.0. The minimum atomic E-state index is -0.605. The van der Waals surface area contributed by atoms with Crippen LogP contribution in [-0.4, -0.2) is 27.2 Å². The Labute approximate surface area is 170 Å². The molecule has 1 saturated heterocycles. The number of hydrogen-bond donors (Lipinski definition) is 0. The highest BCUT2D eigenvalue weighted by Crippen LogP contribution is 2.28. The Balaban J connectivity index is 1.90. The Morgan fingerprint density at radius 2 is 1.86 bits per heavy atom. The van der Waals surface area contributed by atoms with Crippen LogP contribution < -0.4 is 16.1 Å². The number of nitrogens with zero attached hydrogens (tertiary/aromatic N) is 4. The summed E-state index contributed by atoms with van der Waals surface area (Å²) in [5.41, 5.74) is -0.642. The molecule has 1 aliphatic rings. The Bertz CT molecular complexity index is 1160. The summed E-state index contributed by atoms with van der Waals surface area (Å²) in [5.74, 6) is -1.19. The van der Waals surface area contributed by atoms with Gasteiger partial charge in [0.15, 0.2) is 10.8 Å². The number of rotatable bonds is 5. The first kappa shape index (κ1) is 19.8. The molecule has 154 valence electrons. The van der Waals surface area contributed by atoms with Crippen LogP contribution in [0.5, 0.6) is 0 Å². The third kappa shape index (κ3) is 3.71.